The van der Waals surface area contributed by atoms with Crippen molar-refractivity contribution in [3.05, 3.63) is 0 Å². The minimum atomic E-state index is 0.603. The van der Waals surface area contributed by atoms with E-state index in [1.807, 2.05) is 0 Å². The molecule has 0 aromatic carbocycles. The van der Waals surface area contributed by atoms with E-state index in [1.165, 1.54) is 17.0 Å². The summed E-state index contributed by atoms with van der Waals surface area (Å²) >= 11 is 3.18. The van der Waals surface area contributed by atoms with Crippen molar-refractivity contribution in [3.63, 3.8) is 0 Å². The summed E-state index contributed by atoms with van der Waals surface area (Å²) in [5, 5.41) is 0. The normalized spacial score (nSPS) is 58.1. The predicted molar refractivity (Wildman–Crippen MR) is 33.2 cm³/mol. The van der Waals surface area contributed by atoms with E-state index < -0.39 is 0 Å². The van der Waals surface area contributed by atoms with Crippen LogP contribution in [0, 0.1) is 0 Å². The Bertz CT molecular complexity index is 89.7. The molecule has 0 amide bonds. The Kier molecular flexibility index (Phi) is 1.27. The van der Waals surface area contributed by atoms with Gasteiger partial charge in [0.25, 0.3) is 0 Å². The second kappa shape index (κ2) is 1.70. The van der Waals surface area contributed by atoms with Crippen molar-refractivity contribution in [2.45, 2.75) is 5.98 Å². The van der Waals surface area contributed by atoms with Crippen LogP contribution in [0.2, 0.25) is 0 Å². The molecule has 1 unspecified atom stereocenters. The van der Waals surface area contributed by atoms with Gasteiger partial charge in [0, 0.05) is 0 Å². The SMILES string of the molecule is IC1[I-]C2CN1C2. The molecule has 0 aromatic rings. The molecular weight excluding hydrogens is 316 g/mol. The molecule has 3 fully saturated rings. The summed E-state index contributed by atoms with van der Waals surface area (Å²) in [6.07, 6.45) is 0. The minimum absolute atomic E-state index is 0.603. The Morgan fingerprint density at radius 2 is 2.29 bits per heavy atom. The van der Waals surface area contributed by atoms with E-state index in [9.17, 15) is 0 Å². The van der Waals surface area contributed by atoms with Crippen LogP contribution in [0.15, 0.2) is 0 Å². The van der Waals surface area contributed by atoms with Crippen LogP contribution in [0.1, 0.15) is 0 Å². The fourth-order valence-corrected chi connectivity index (χ4v) is 7.17. The van der Waals surface area contributed by atoms with E-state index in [4.69, 9.17) is 0 Å². The fourth-order valence-electron chi connectivity index (χ4n) is 0.921. The van der Waals surface area contributed by atoms with Crippen molar-refractivity contribution >= 4 is 22.6 Å². The molecule has 7 heavy (non-hydrogen) atoms. The summed E-state index contributed by atoms with van der Waals surface area (Å²) < 4.78 is 2.20. The molecule has 0 N–H and O–H groups in total. The molecule has 0 spiro atoms. The van der Waals surface area contributed by atoms with Crippen molar-refractivity contribution in [1.29, 1.82) is 0 Å². The molecule has 2 bridgehead atoms. The van der Waals surface area contributed by atoms with Crippen LogP contribution in [-0.2, 0) is 0 Å². The monoisotopic (exact) mass is 322 g/mol. The van der Waals surface area contributed by atoms with Crippen molar-refractivity contribution in [2.24, 2.45) is 0 Å². The van der Waals surface area contributed by atoms with Gasteiger partial charge in [-0.05, 0) is 0 Å². The van der Waals surface area contributed by atoms with Gasteiger partial charge >= 0.3 is 67.8 Å². The van der Waals surface area contributed by atoms with Gasteiger partial charge in [-0.1, -0.05) is 0 Å². The topological polar surface area (TPSA) is 3.24 Å². The van der Waals surface area contributed by atoms with E-state index >= 15 is 0 Å². The zero-order valence-corrected chi connectivity index (χ0v) is 8.09. The molecule has 0 saturated carbocycles. The molecule has 3 aliphatic rings. The van der Waals surface area contributed by atoms with Crippen molar-refractivity contribution in [2.75, 3.05) is 13.1 Å². The van der Waals surface area contributed by atoms with Crippen LogP contribution >= 0.6 is 22.6 Å². The van der Waals surface area contributed by atoms with Gasteiger partial charge in [0.2, 0.25) is 0 Å². The van der Waals surface area contributed by atoms with Gasteiger partial charge in [0.05, 0.1) is 0 Å². The predicted octanol–water partition coefficient (Wildman–Crippen LogP) is -2.51. The number of nitrogens with zero attached hydrogens (tertiary/aromatic N) is 1. The first-order valence-electron chi connectivity index (χ1n) is 2.36. The Morgan fingerprint density at radius 1 is 1.57 bits per heavy atom. The van der Waals surface area contributed by atoms with E-state index in [1.54, 1.807) is 0 Å². The summed E-state index contributed by atoms with van der Waals surface area (Å²) in [5.74, 6) is 0. The maximum absolute atomic E-state index is 2.58. The average Bonchev–Trinajstić information content (AvgIpc) is 1.85. The Hall–Kier alpha value is 1.42. The second-order valence-corrected chi connectivity index (χ2v) is 9.18. The van der Waals surface area contributed by atoms with E-state index in [-0.39, 0.29) is 0 Å². The van der Waals surface area contributed by atoms with Crippen LogP contribution in [0.4, 0.5) is 0 Å². The van der Waals surface area contributed by atoms with Crippen LogP contribution in [0.5, 0.6) is 0 Å². The molecule has 3 heterocycles. The Morgan fingerprint density at radius 3 is 2.43 bits per heavy atom. The molecule has 3 aliphatic heterocycles. The fraction of sp³-hybridized carbons (Fsp3) is 1.00. The van der Waals surface area contributed by atoms with Gasteiger partial charge in [0.1, 0.15) is 0 Å². The first-order valence-corrected chi connectivity index (χ1v) is 6.10. The van der Waals surface area contributed by atoms with Gasteiger partial charge in [-0.25, -0.2) is 0 Å². The third-order valence-electron chi connectivity index (χ3n) is 1.42. The molecule has 1 nitrogen and oxygen atoms in total. The summed E-state index contributed by atoms with van der Waals surface area (Å²) in [5.41, 5.74) is 0. The van der Waals surface area contributed by atoms with Crippen molar-refractivity contribution in [1.82, 2.24) is 4.90 Å². The van der Waals surface area contributed by atoms with Crippen LogP contribution < -0.4 is 21.2 Å². The third-order valence-corrected chi connectivity index (χ3v) is 7.22. The molecule has 3 saturated heterocycles. The molecule has 3 heteroatoms. The maximum atomic E-state index is 2.58. The van der Waals surface area contributed by atoms with E-state index in [0.717, 1.165) is 2.06 Å². The zero-order chi connectivity index (χ0) is 4.85. The third kappa shape index (κ3) is 0.718. The molecule has 1 atom stereocenters. The van der Waals surface area contributed by atoms with Gasteiger partial charge in [-0.15, -0.1) is 0 Å². The van der Waals surface area contributed by atoms with Crippen LogP contribution in [0.3, 0.4) is 0 Å². The van der Waals surface area contributed by atoms with Gasteiger partial charge < -0.3 is 0 Å². The van der Waals surface area contributed by atoms with Gasteiger partial charge in [-0.2, -0.15) is 0 Å². The van der Waals surface area contributed by atoms with Gasteiger partial charge in [-0.3, -0.25) is 0 Å². The van der Waals surface area contributed by atoms with Crippen molar-refractivity contribution in [3.8, 4) is 0 Å². The zero-order valence-electron chi connectivity index (χ0n) is 3.77. The second-order valence-electron chi connectivity index (χ2n) is 1.95. The molecule has 3 rings (SSSR count). The first kappa shape index (κ1) is 5.22. The number of alkyl halides is 3. The molecule has 42 valence electrons. The Labute approximate surface area is 67.2 Å². The van der Waals surface area contributed by atoms with Crippen LogP contribution in [-0.4, -0.2) is 24.0 Å². The quantitative estimate of drug-likeness (QED) is 0.271. The number of fused-ring (bicyclic) bond motifs is 1. The number of hydrogen-bond donors (Lipinski definition) is 0. The number of rotatable bonds is 0. The summed E-state index contributed by atoms with van der Waals surface area (Å²) in [6, 6.07) is 0. The average molecular weight is 322 g/mol. The summed E-state index contributed by atoms with van der Waals surface area (Å²) in [7, 11) is 0. The number of hydrogen-bond acceptors (Lipinski definition) is 1. The molecule has 0 aromatic heterocycles. The van der Waals surface area contributed by atoms with Crippen LogP contribution in [0.25, 0.3) is 0 Å². The van der Waals surface area contributed by atoms with Gasteiger partial charge in [0.15, 0.2) is 0 Å². The summed E-state index contributed by atoms with van der Waals surface area (Å²) in [4.78, 5) is 2.58. The molecular formula is C4H6I2N-. The van der Waals surface area contributed by atoms with E-state index in [0.29, 0.717) is 21.2 Å². The van der Waals surface area contributed by atoms with Crippen molar-refractivity contribution < 1.29 is 21.2 Å². The first-order chi connectivity index (χ1) is 3.36. The summed E-state index contributed by atoms with van der Waals surface area (Å²) in [6.45, 7) is 2.89. The number of halogens is 2. The molecule has 0 aliphatic carbocycles. The van der Waals surface area contributed by atoms with E-state index in [2.05, 4.69) is 27.5 Å². The Balaban J connectivity index is 2.13. The standard InChI is InChI=1S/C4H6I2N/c5-4-6-3-1-7(4)2-3/h3-4H,1-2H2/q-1. The molecule has 0 radical (unpaired) electrons.